The van der Waals surface area contributed by atoms with Gasteiger partial charge in [0.25, 0.3) is 5.91 Å². The van der Waals surface area contributed by atoms with Crippen LogP contribution in [0, 0.1) is 6.92 Å². The molecule has 3 rings (SSSR count). The Hall–Kier alpha value is -3.21. The van der Waals surface area contributed by atoms with E-state index in [0.29, 0.717) is 18.2 Å². The van der Waals surface area contributed by atoms with E-state index in [9.17, 15) is 4.79 Å². The summed E-state index contributed by atoms with van der Waals surface area (Å²) in [5, 5.41) is 3.20. The number of aryl methyl sites for hydroxylation is 2. The zero-order valence-corrected chi connectivity index (χ0v) is 15.9. The molecule has 0 saturated carbocycles. The van der Waals surface area contributed by atoms with Gasteiger partial charge in [-0.2, -0.15) is 0 Å². The van der Waals surface area contributed by atoms with Crippen LogP contribution in [0.3, 0.4) is 0 Å². The van der Waals surface area contributed by atoms with Gasteiger partial charge < -0.3 is 10.2 Å². The predicted molar refractivity (Wildman–Crippen MR) is 110 cm³/mol. The van der Waals surface area contributed by atoms with E-state index in [-0.39, 0.29) is 5.91 Å². The minimum atomic E-state index is -0.140. The van der Waals surface area contributed by atoms with Gasteiger partial charge in [-0.15, -0.1) is 0 Å². The van der Waals surface area contributed by atoms with E-state index in [1.807, 2.05) is 56.3 Å². The van der Waals surface area contributed by atoms with Crippen LogP contribution in [0.5, 0.6) is 0 Å². The van der Waals surface area contributed by atoms with Crippen LogP contribution < -0.4 is 10.2 Å². The van der Waals surface area contributed by atoms with Gasteiger partial charge in [0.1, 0.15) is 5.69 Å². The molecule has 1 aromatic heterocycles. The second-order valence-electron chi connectivity index (χ2n) is 6.28. The summed E-state index contributed by atoms with van der Waals surface area (Å²) in [7, 11) is 0. The number of amides is 1. The summed E-state index contributed by atoms with van der Waals surface area (Å²) in [5.41, 5.74) is 4.13. The number of benzene rings is 2. The molecule has 5 nitrogen and oxygen atoms in total. The van der Waals surface area contributed by atoms with Crippen LogP contribution in [0.4, 0.5) is 17.3 Å². The molecule has 1 N–H and O–H groups in total. The maximum absolute atomic E-state index is 13.0. The highest BCUT2D eigenvalue weighted by Crippen LogP contribution is 2.19. The van der Waals surface area contributed by atoms with Gasteiger partial charge in [0, 0.05) is 23.6 Å². The summed E-state index contributed by atoms with van der Waals surface area (Å²) in [6.45, 7) is 6.50. The average molecular weight is 360 g/mol. The van der Waals surface area contributed by atoms with Crippen molar-refractivity contribution in [2.75, 3.05) is 16.8 Å². The highest BCUT2D eigenvalue weighted by Gasteiger charge is 2.18. The van der Waals surface area contributed by atoms with Gasteiger partial charge in [0.05, 0.1) is 0 Å². The van der Waals surface area contributed by atoms with Gasteiger partial charge in [0.2, 0.25) is 5.95 Å². The van der Waals surface area contributed by atoms with Crippen LogP contribution in [-0.2, 0) is 6.42 Å². The number of nitrogens with zero attached hydrogens (tertiary/aromatic N) is 3. The molecular weight excluding hydrogens is 336 g/mol. The monoisotopic (exact) mass is 360 g/mol. The highest BCUT2D eigenvalue weighted by atomic mass is 16.2. The normalized spacial score (nSPS) is 10.5. The molecule has 2 aromatic carbocycles. The third-order valence-corrected chi connectivity index (χ3v) is 4.32. The molecule has 1 amide bonds. The number of hydrogen-bond donors (Lipinski definition) is 1. The zero-order chi connectivity index (χ0) is 19.2. The van der Waals surface area contributed by atoms with E-state index < -0.39 is 0 Å². The lowest BCUT2D eigenvalue weighted by Crippen LogP contribution is -2.31. The summed E-state index contributed by atoms with van der Waals surface area (Å²) in [5.74, 6) is 0.283. The molecule has 27 heavy (non-hydrogen) atoms. The lowest BCUT2D eigenvalue weighted by molar-refractivity contribution is 0.0983. The lowest BCUT2D eigenvalue weighted by Gasteiger charge is -2.21. The van der Waals surface area contributed by atoms with Gasteiger partial charge in [-0.05, 0) is 56.2 Å². The Morgan fingerprint density at radius 1 is 1.00 bits per heavy atom. The first-order valence-electron chi connectivity index (χ1n) is 9.19. The number of carbonyl (C=O) groups is 1. The van der Waals surface area contributed by atoms with Crippen molar-refractivity contribution >= 4 is 23.2 Å². The Kier molecular flexibility index (Phi) is 5.81. The largest absolute Gasteiger partial charge is 0.324 e. The van der Waals surface area contributed by atoms with Crippen LogP contribution >= 0.6 is 0 Å². The highest BCUT2D eigenvalue weighted by molar-refractivity contribution is 6.05. The lowest BCUT2D eigenvalue weighted by atomic mass is 10.1. The van der Waals surface area contributed by atoms with Crippen molar-refractivity contribution in [2.45, 2.75) is 27.2 Å². The van der Waals surface area contributed by atoms with Crippen LogP contribution in [0.15, 0.2) is 60.7 Å². The topological polar surface area (TPSA) is 58.1 Å². The van der Waals surface area contributed by atoms with Gasteiger partial charge in [0.15, 0.2) is 0 Å². The van der Waals surface area contributed by atoms with E-state index in [0.717, 1.165) is 23.5 Å². The molecule has 0 spiro atoms. The molecule has 138 valence electrons. The molecule has 0 fully saturated rings. The summed E-state index contributed by atoms with van der Waals surface area (Å²) >= 11 is 0. The average Bonchev–Trinajstić information content (AvgIpc) is 2.69. The summed E-state index contributed by atoms with van der Waals surface area (Å²) in [6.07, 6.45) is 0.992. The van der Waals surface area contributed by atoms with Crippen molar-refractivity contribution in [1.82, 2.24) is 9.97 Å². The number of nitrogens with one attached hydrogen (secondary N) is 1. The number of hydrogen-bond acceptors (Lipinski definition) is 4. The molecular formula is C22H24N4O. The van der Waals surface area contributed by atoms with Crippen molar-refractivity contribution in [1.29, 1.82) is 0 Å². The minimum absolute atomic E-state index is 0.140. The van der Waals surface area contributed by atoms with Crippen molar-refractivity contribution < 1.29 is 4.79 Å². The quantitative estimate of drug-likeness (QED) is 0.689. The van der Waals surface area contributed by atoms with Crippen molar-refractivity contribution in [3.8, 4) is 0 Å². The van der Waals surface area contributed by atoms with Gasteiger partial charge >= 0.3 is 0 Å². The second-order valence-corrected chi connectivity index (χ2v) is 6.28. The standard InChI is InChI=1S/C22H24N4O/c1-4-17-11-13-18(14-12-17)24-22-23-16(3)15-20(25-22)21(27)26(5-2)19-9-7-6-8-10-19/h6-15H,4-5H2,1-3H3,(H,23,24,25). The van der Waals surface area contributed by atoms with Crippen molar-refractivity contribution in [3.05, 3.63) is 77.6 Å². The third kappa shape index (κ3) is 4.50. The van der Waals surface area contributed by atoms with Crippen LogP contribution in [-0.4, -0.2) is 22.4 Å². The van der Waals surface area contributed by atoms with E-state index in [1.165, 1.54) is 5.56 Å². The Morgan fingerprint density at radius 3 is 2.33 bits per heavy atom. The predicted octanol–water partition coefficient (Wildman–Crippen LogP) is 4.76. The van der Waals surface area contributed by atoms with Crippen molar-refractivity contribution in [3.63, 3.8) is 0 Å². The fourth-order valence-electron chi connectivity index (χ4n) is 2.88. The van der Waals surface area contributed by atoms with E-state index in [4.69, 9.17) is 0 Å². The van der Waals surface area contributed by atoms with Crippen LogP contribution in [0.2, 0.25) is 0 Å². The molecule has 0 radical (unpaired) electrons. The van der Waals surface area contributed by atoms with E-state index >= 15 is 0 Å². The molecule has 5 heteroatoms. The molecule has 0 aliphatic carbocycles. The first-order valence-corrected chi connectivity index (χ1v) is 9.19. The Labute approximate surface area is 160 Å². The molecule has 0 aliphatic rings. The molecule has 0 atom stereocenters. The molecule has 0 bridgehead atoms. The number of rotatable bonds is 6. The molecule has 1 heterocycles. The maximum atomic E-state index is 13.0. The number of carbonyl (C=O) groups excluding carboxylic acids is 1. The van der Waals surface area contributed by atoms with E-state index in [1.54, 1.807) is 11.0 Å². The van der Waals surface area contributed by atoms with Gasteiger partial charge in [-0.3, -0.25) is 4.79 Å². The molecule has 0 unspecified atom stereocenters. The van der Waals surface area contributed by atoms with Crippen LogP contribution in [0.25, 0.3) is 0 Å². The zero-order valence-electron chi connectivity index (χ0n) is 15.9. The summed E-state index contributed by atoms with van der Waals surface area (Å²) < 4.78 is 0. The second kappa shape index (κ2) is 8.45. The minimum Gasteiger partial charge on any atom is -0.324 e. The number of anilines is 3. The number of para-hydroxylation sites is 1. The molecule has 0 saturated heterocycles. The SMILES string of the molecule is CCc1ccc(Nc2nc(C)cc(C(=O)N(CC)c3ccccc3)n2)cc1. The van der Waals surface area contributed by atoms with E-state index in [2.05, 4.69) is 34.3 Å². The Bertz CT molecular complexity index is 907. The van der Waals surface area contributed by atoms with Crippen molar-refractivity contribution in [2.24, 2.45) is 0 Å². The fourth-order valence-corrected chi connectivity index (χ4v) is 2.88. The third-order valence-electron chi connectivity index (χ3n) is 4.32. The fraction of sp³-hybridized carbons (Fsp3) is 0.227. The van der Waals surface area contributed by atoms with Gasteiger partial charge in [-0.1, -0.05) is 37.3 Å². The summed E-state index contributed by atoms with van der Waals surface area (Å²) in [4.78, 5) is 23.6. The first-order chi connectivity index (χ1) is 13.1. The Balaban J connectivity index is 1.86. The maximum Gasteiger partial charge on any atom is 0.277 e. The first kappa shape index (κ1) is 18.6. The smallest absolute Gasteiger partial charge is 0.277 e. The molecule has 0 aliphatic heterocycles. The molecule has 3 aromatic rings. The summed E-state index contributed by atoms with van der Waals surface area (Å²) in [6, 6.07) is 19.5. The Morgan fingerprint density at radius 2 is 1.70 bits per heavy atom. The van der Waals surface area contributed by atoms with Crippen LogP contribution in [0.1, 0.15) is 35.6 Å². The van der Waals surface area contributed by atoms with Gasteiger partial charge in [-0.25, -0.2) is 9.97 Å². The number of aromatic nitrogens is 2.